The maximum absolute atomic E-state index is 12.4. The van der Waals surface area contributed by atoms with Gasteiger partial charge in [-0.1, -0.05) is 6.07 Å². The molecular formula is C18H24ClN3O3. The molecule has 25 heavy (non-hydrogen) atoms. The normalized spacial score (nSPS) is 25.0. The van der Waals surface area contributed by atoms with Gasteiger partial charge in [0.2, 0.25) is 5.91 Å². The van der Waals surface area contributed by atoms with Crippen LogP contribution in [0.3, 0.4) is 0 Å². The lowest BCUT2D eigenvalue weighted by atomic mass is 10.0. The van der Waals surface area contributed by atoms with Gasteiger partial charge in [0.25, 0.3) is 5.91 Å². The molecule has 0 aromatic heterocycles. The van der Waals surface area contributed by atoms with Crippen LogP contribution in [0.4, 0.5) is 5.69 Å². The Kier molecular flexibility index (Phi) is 5.49. The number of nitrogens with zero attached hydrogens (tertiary/aromatic N) is 2. The molecule has 0 radical (unpaired) electrons. The van der Waals surface area contributed by atoms with Crippen LogP contribution in [0.15, 0.2) is 24.3 Å². The third-order valence-electron chi connectivity index (χ3n) is 5.31. The van der Waals surface area contributed by atoms with Gasteiger partial charge in [-0.2, -0.15) is 0 Å². The maximum Gasteiger partial charge on any atom is 0.260 e. The van der Waals surface area contributed by atoms with Gasteiger partial charge in [0.1, 0.15) is 5.75 Å². The summed E-state index contributed by atoms with van der Waals surface area (Å²) in [4.78, 5) is 27.9. The molecule has 4 rings (SSSR count). The predicted molar refractivity (Wildman–Crippen MR) is 97.2 cm³/mol. The molecule has 7 heteroatoms. The Bertz CT molecular complexity index is 642. The summed E-state index contributed by atoms with van der Waals surface area (Å²) in [6, 6.07) is 7.46. The van der Waals surface area contributed by atoms with Crippen LogP contribution in [0.1, 0.15) is 12.8 Å². The van der Waals surface area contributed by atoms with Crippen LogP contribution in [0, 0.1) is 11.8 Å². The largest absolute Gasteiger partial charge is 0.484 e. The highest BCUT2D eigenvalue weighted by Crippen LogP contribution is 2.27. The fraction of sp³-hybridized carbons (Fsp3) is 0.556. The Hall–Kier alpha value is -1.79. The van der Waals surface area contributed by atoms with E-state index in [-0.39, 0.29) is 30.8 Å². The number of amides is 2. The summed E-state index contributed by atoms with van der Waals surface area (Å²) in [5, 5.41) is 3.38. The fourth-order valence-electron chi connectivity index (χ4n) is 3.96. The lowest BCUT2D eigenvalue weighted by Crippen LogP contribution is -2.35. The molecule has 136 valence electrons. The van der Waals surface area contributed by atoms with Crippen molar-refractivity contribution in [2.24, 2.45) is 11.8 Å². The van der Waals surface area contributed by atoms with E-state index in [1.54, 1.807) is 4.90 Å². The van der Waals surface area contributed by atoms with E-state index in [1.807, 2.05) is 29.2 Å². The standard InChI is InChI=1S/C18H23N3O3.ClH/c22-17-5-2-6-21(17)15-3-1-4-16(7-15)24-12-18(23)20-10-13-8-19-9-14(13)11-20;/h1,3-4,7,13-14,19H,2,5-6,8-12H2;1H/t13-,14+;. The fourth-order valence-corrected chi connectivity index (χ4v) is 3.96. The van der Waals surface area contributed by atoms with Crippen LogP contribution in [0.2, 0.25) is 0 Å². The number of nitrogens with one attached hydrogen (secondary N) is 1. The number of ether oxygens (including phenoxy) is 1. The number of carbonyl (C=O) groups is 2. The maximum atomic E-state index is 12.4. The number of rotatable bonds is 4. The van der Waals surface area contributed by atoms with E-state index in [0.717, 1.165) is 44.8 Å². The molecular weight excluding hydrogens is 342 g/mol. The average molecular weight is 366 g/mol. The smallest absolute Gasteiger partial charge is 0.260 e. The summed E-state index contributed by atoms with van der Waals surface area (Å²) in [6.45, 7) is 4.52. The SMILES string of the molecule is Cl.O=C(COc1cccc(N2CCCC2=O)c1)N1C[C@H]2CNC[C@H]2C1. The van der Waals surface area contributed by atoms with E-state index in [9.17, 15) is 9.59 Å². The Balaban J connectivity index is 0.00000182. The minimum atomic E-state index is 0. The third-order valence-corrected chi connectivity index (χ3v) is 5.31. The summed E-state index contributed by atoms with van der Waals surface area (Å²) >= 11 is 0. The van der Waals surface area contributed by atoms with Crippen LogP contribution in [-0.2, 0) is 9.59 Å². The Morgan fingerprint density at radius 2 is 2.00 bits per heavy atom. The van der Waals surface area contributed by atoms with Crippen molar-refractivity contribution in [3.05, 3.63) is 24.3 Å². The number of benzene rings is 1. The van der Waals surface area contributed by atoms with Crippen molar-refractivity contribution >= 4 is 29.9 Å². The van der Waals surface area contributed by atoms with Crippen molar-refractivity contribution in [3.63, 3.8) is 0 Å². The summed E-state index contributed by atoms with van der Waals surface area (Å²) in [6.07, 6.45) is 1.50. The monoisotopic (exact) mass is 365 g/mol. The van der Waals surface area contributed by atoms with E-state index in [2.05, 4.69) is 5.32 Å². The number of hydrogen-bond donors (Lipinski definition) is 1. The van der Waals surface area contributed by atoms with Gasteiger partial charge in [-0.25, -0.2) is 0 Å². The summed E-state index contributed by atoms with van der Waals surface area (Å²) < 4.78 is 5.69. The van der Waals surface area contributed by atoms with Crippen LogP contribution in [0.5, 0.6) is 5.75 Å². The molecule has 0 unspecified atom stereocenters. The van der Waals surface area contributed by atoms with Gasteiger partial charge in [-0.15, -0.1) is 12.4 Å². The highest BCUT2D eigenvalue weighted by Gasteiger charge is 2.38. The Labute approximate surface area is 153 Å². The summed E-state index contributed by atoms with van der Waals surface area (Å²) in [5.41, 5.74) is 0.851. The molecule has 0 aliphatic carbocycles. The molecule has 1 aromatic rings. The third kappa shape index (κ3) is 3.75. The quantitative estimate of drug-likeness (QED) is 0.873. The zero-order valence-electron chi connectivity index (χ0n) is 14.1. The molecule has 3 heterocycles. The second kappa shape index (κ2) is 7.62. The Morgan fingerprint density at radius 3 is 2.68 bits per heavy atom. The first kappa shape index (κ1) is 18.0. The van der Waals surface area contributed by atoms with Crippen LogP contribution in [0.25, 0.3) is 0 Å². The molecule has 6 nitrogen and oxygen atoms in total. The summed E-state index contributed by atoms with van der Waals surface area (Å²) in [5.74, 6) is 2.03. The molecule has 0 bridgehead atoms. The second-order valence-corrected chi connectivity index (χ2v) is 6.91. The molecule has 1 aromatic carbocycles. The predicted octanol–water partition coefficient (Wildman–Crippen LogP) is 1.29. The lowest BCUT2D eigenvalue weighted by Gasteiger charge is -2.19. The van der Waals surface area contributed by atoms with Gasteiger partial charge in [0.05, 0.1) is 0 Å². The van der Waals surface area contributed by atoms with Crippen molar-refractivity contribution in [3.8, 4) is 5.75 Å². The molecule has 3 fully saturated rings. The number of carbonyl (C=O) groups excluding carboxylic acids is 2. The zero-order valence-corrected chi connectivity index (χ0v) is 15.0. The molecule has 3 aliphatic rings. The molecule has 3 saturated heterocycles. The molecule has 1 N–H and O–H groups in total. The van der Waals surface area contributed by atoms with Gasteiger partial charge in [-0.3, -0.25) is 9.59 Å². The average Bonchev–Trinajstić information content (AvgIpc) is 3.28. The first-order chi connectivity index (χ1) is 11.7. The van der Waals surface area contributed by atoms with Gasteiger partial charge in [-0.05, 0) is 30.4 Å². The van der Waals surface area contributed by atoms with Crippen molar-refractivity contribution in [1.29, 1.82) is 0 Å². The van der Waals surface area contributed by atoms with Crippen LogP contribution < -0.4 is 15.0 Å². The van der Waals surface area contributed by atoms with E-state index < -0.39 is 0 Å². The van der Waals surface area contributed by atoms with E-state index in [0.29, 0.717) is 24.0 Å². The van der Waals surface area contributed by atoms with E-state index >= 15 is 0 Å². The molecule has 0 spiro atoms. The van der Waals surface area contributed by atoms with Gasteiger partial charge in [0.15, 0.2) is 6.61 Å². The molecule has 2 amide bonds. The van der Waals surface area contributed by atoms with Gasteiger partial charge >= 0.3 is 0 Å². The van der Waals surface area contributed by atoms with Crippen molar-refractivity contribution in [2.75, 3.05) is 44.2 Å². The lowest BCUT2D eigenvalue weighted by molar-refractivity contribution is -0.132. The molecule has 2 atom stereocenters. The zero-order chi connectivity index (χ0) is 16.5. The van der Waals surface area contributed by atoms with Crippen molar-refractivity contribution in [2.45, 2.75) is 12.8 Å². The highest BCUT2D eigenvalue weighted by atomic mass is 35.5. The minimum absolute atomic E-state index is 0. The van der Waals surface area contributed by atoms with Gasteiger partial charge < -0.3 is 19.9 Å². The van der Waals surface area contributed by atoms with E-state index in [4.69, 9.17) is 4.74 Å². The highest BCUT2D eigenvalue weighted by molar-refractivity contribution is 5.95. The Morgan fingerprint density at radius 1 is 1.24 bits per heavy atom. The topological polar surface area (TPSA) is 61.9 Å². The number of likely N-dealkylation sites (tertiary alicyclic amines) is 1. The second-order valence-electron chi connectivity index (χ2n) is 6.91. The molecule has 0 saturated carbocycles. The first-order valence-electron chi connectivity index (χ1n) is 8.72. The first-order valence-corrected chi connectivity index (χ1v) is 8.72. The number of halogens is 1. The minimum Gasteiger partial charge on any atom is -0.484 e. The van der Waals surface area contributed by atoms with Crippen LogP contribution >= 0.6 is 12.4 Å². The summed E-state index contributed by atoms with van der Waals surface area (Å²) in [7, 11) is 0. The van der Waals surface area contributed by atoms with Crippen molar-refractivity contribution in [1.82, 2.24) is 10.2 Å². The molecule has 3 aliphatic heterocycles. The van der Waals surface area contributed by atoms with Crippen LogP contribution in [-0.4, -0.2) is 56.0 Å². The van der Waals surface area contributed by atoms with Crippen molar-refractivity contribution < 1.29 is 14.3 Å². The van der Waals surface area contributed by atoms with E-state index in [1.165, 1.54) is 0 Å². The van der Waals surface area contributed by atoms with Gasteiger partial charge in [0, 0.05) is 50.9 Å². The number of anilines is 1. The number of hydrogen-bond acceptors (Lipinski definition) is 4. The number of fused-ring (bicyclic) bond motifs is 1.